The van der Waals surface area contributed by atoms with E-state index in [9.17, 15) is 4.79 Å². The summed E-state index contributed by atoms with van der Waals surface area (Å²) >= 11 is 0. The maximum Gasteiger partial charge on any atom is 0.255 e. The molecule has 0 aliphatic heterocycles. The molecular formula is C14H14N8O. The van der Waals surface area contributed by atoms with Crippen LogP contribution in [0.2, 0.25) is 0 Å². The lowest BCUT2D eigenvalue weighted by Gasteiger charge is -2.10. The first-order chi connectivity index (χ1) is 11.2. The van der Waals surface area contributed by atoms with Crippen molar-refractivity contribution >= 4 is 17.5 Å². The van der Waals surface area contributed by atoms with Crippen LogP contribution in [0.1, 0.15) is 29.1 Å². The van der Waals surface area contributed by atoms with Crippen molar-refractivity contribution in [2.75, 3.05) is 5.32 Å². The highest BCUT2D eigenvalue weighted by atomic mass is 16.1. The summed E-state index contributed by atoms with van der Waals surface area (Å²) in [5.41, 5.74) is 1.22. The largest absolute Gasteiger partial charge is 0.342 e. The van der Waals surface area contributed by atoms with Gasteiger partial charge in [0.2, 0.25) is 5.95 Å². The average molecular weight is 310 g/mol. The lowest BCUT2D eigenvalue weighted by atomic mass is 10.2. The number of carbonyl (C=O) groups is 1. The number of amides is 1. The Morgan fingerprint density at radius 3 is 2.57 bits per heavy atom. The van der Waals surface area contributed by atoms with Gasteiger partial charge in [0, 0.05) is 18.1 Å². The molecule has 1 atom stereocenters. The summed E-state index contributed by atoms with van der Waals surface area (Å²) < 4.78 is 0. The molecule has 116 valence electrons. The topological polar surface area (TPSA) is 121 Å². The molecule has 1 unspecified atom stereocenters. The molecule has 2 heterocycles. The first-order valence-electron chi connectivity index (χ1n) is 6.90. The molecule has 3 N–H and O–H groups in total. The summed E-state index contributed by atoms with van der Waals surface area (Å²) in [5, 5.41) is 19.2. The van der Waals surface area contributed by atoms with Gasteiger partial charge in [0.15, 0.2) is 5.82 Å². The quantitative estimate of drug-likeness (QED) is 0.647. The van der Waals surface area contributed by atoms with Crippen molar-refractivity contribution in [1.82, 2.24) is 35.9 Å². The van der Waals surface area contributed by atoms with E-state index in [2.05, 4.69) is 41.2 Å². The fourth-order valence-corrected chi connectivity index (χ4v) is 1.86. The van der Waals surface area contributed by atoms with E-state index in [4.69, 9.17) is 0 Å². The zero-order chi connectivity index (χ0) is 16.1. The van der Waals surface area contributed by atoms with Gasteiger partial charge >= 0.3 is 0 Å². The molecule has 0 bridgehead atoms. The highest BCUT2D eigenvalue weighted by Crippen LogP contribution is 2.12. The van der Waals surface area contributed by atoms with Crippen molar-refractivity contribution in [3.8, 4) is 0 Å². The number of H-pyrrole nitrogens is 1. The Hall–Kier alpha value is -3.36. The van der Waals surface area contributed by atoms with Gasteiger partial charge in [-0.3, -0.25) is 4.79 Å². The molecule has 3 aromatic rings. The van der Waals surface area contributed by atoms with Gasteiger partial charge in [0.25, 0.3) is 5.91 Å². The molecule has 0 saturated carbocycles. The second-order valence-corrected chi connectivity index (χ2v) is 4.75. The Balaban J connectivity index is 1.63. The smallest absolute Gasteiger partial charge is 0.255 e. The molecule has 23 heavy (non-hydrogen) atoms. The predicted molar refractivity (Wildman–Crippen MR) is 81.8 cm³/mol. The fraction of sp³-hybridized carbons (Fsp3) is 0.143. The van der Waals surface area contributed by atoms with Crippen LogP contribution >= 0.6 is 0 Å². The summed E-state index contributed by atoms with van der Waals surface area (Å²) in [6.45, 7) is 1.76. The Kier molecular flexibility index (Phi) is 4.18. The Bertz CT molecular complexity index is 757. The van der Waals surface area contributed by atoms with E-state index >= 15 is 0 Å². The van der Waals surface area contributed by atoms with Crippen LogP contribution in [-0.4, -0.2) is 36.5 Å². The highest BCUT2D eigenvalue weighted by molar-refractivity contribution is 5.93. The highest BCUT2D eigenvalue weighted by Gasteiger charge is 2.15. The molecule has 0 spiro atoms. The Morgan fingerprint density at radius 2 is 1.91 bits per heavy atom. The van der Waals surface area contributed by atoms with Gasteiger partial charge in [-0.25, -0.2) is 9.97 Å². The number of hydrogen-bond acceptors (Lipinski definition) is 7. The van der Waals surface area contributed by atoms with Crippen LogP contribution < -0.4 is 10.6 Å². The van der Waals surface area contributed by atoms with Crippen LogP contribution in [0.5, 0.6) is 0 Å². The molecule has 3 rings (SSSR count). The second-order valence-electron chi connectivity index (χ2n) is 4.75. The van der Waals surface area contributed by atoms with Gasteiger partial charge in [-0.2, -0.15) is 5.21 Å². The Morgan fingerprint density at radius 1 is 1.17 bits per heavy atom. The number of tetrazole rings is 1. The van der Waals surface area contributed by atoms with E-state index in [1.807, 2.05) is 30.3 Å². The van der Waals surface area contributed by atoms with Crippen molar-refractivity contribution in [3.05, 3.63) is 54.1 Å². The number of nitrogens with one attached hydrogen (secondary N) is 3. The van der Waals surface area contributed by atoms with Crippen molar-refractivity contribution in [3.63, 3.8) is 0 Å². The van der Waals surface area contributed by atoms with Gasteiger partial charge in [0.05, 0.1) is 11.6 Å². The van der Waals surface area contributed by atoms with Gasteiger partial charge < -0.3 is 10.6 Å². The van der Waals surface area contributed by atoms with Crippen molar-refractivity contribution in [1.29, 1.82) is 0 Å². The zero-order valence-electron chi connectivity index (χ0n) is 12.3. The van der Waals surface area contributed by atoms with Crippen LogP contribution in [0, 0.1) is 0 Å². The lowest BCUT2D eigenvalue weighted by Crippen LogP contribution is -2.27. The number of benzene rings is 1. The van der Waals surface area contributed by atoms with E-state index in [1.54, 1.807) is 6.92 Å². The molecule has 9 nitrogen and oxygen atoms in total. The SMILES string of the molecule is CC(NC(=O)c1cnc(Nc2ccccc2)nc1)c1nn[nH]n1. The number of nitrogens with zero attached hydrogens (tertiary/aromatic N) is 5. The zero-order valence-corrected chi connectivity index (χ0v) is 12.3. The minimum absolute atomic E-state index is 0.312. The van der Waals surface area contributed by atoms with Crippen LogP contribution in [0.25, 0.3) is 0 Å². The number of aromatic nitrogens is 6. The van der Waals surface area contributed by atoms with E-state index < -0.39 is 0 Å². The van der Waals surface area contributed by atoms with E-state index in [1.165, 1.54) is 12.4 Å². The molecule has 1 amide bonds. The average Bonchev–Trinajstić information content (AvgIpc) is 3.11. The maximum absolute atomic E-state index is 12.1. The van der Waals surface area contributed by atoms with Crippen molar-refractivity contribution in [2.24, 2.45) is 0 Å². The Labute approximate surface area is 131 Å². The van der Waals surface area contributed by atoms with Crippen LogP contribution in [-0.2, 0) is 0 Å². The van der Waals surface area contributed by atoms with Gasteiger partial charge in [0.1, 0.15) is 0 Å². The number of hydrogen-bond donors (Lipinski definition) is 3. The molecule has 0 saturated heterocycles. The van der Waals surface area contributed by atoms with Gasteiger partial charge in [-0.1, -0.05) is 23.4 Å². The molecule has 0 fully saturated rings. The normalized spacial score (nSPS) is 11.7. The molecule has 0 aliphatic rings. The summed E-state index contributed by atoms with van der Waals surface area (Å²) in [6.07, 6.45) is 2.91. The fourth-order valence-electron chi connectivity index (χ4n) is 1.86. The molecule has 2 aromatic heterocycles. The van der Waals surface area contributed by atoms with Crippen LogP contribution in [0.3, 0.4) is 0 Å². The third-order valence-corrected chi connectivity index (χ3v) is 3.04. The van der Waals surface area contributed by atoms with Crippen molar-refractivity contribution < 1.29 is 4.79 Å². The minimum atomic E-state index is -0.372. The standard InChI is InChI=1S/C14H14N8O/c1-9(12-19-21-22-20-12)17-13(23)10-7-15-14(16-8-10)18-11-5-3-2-4-6-11/h2-9H,1H3,(H,17,23)(H,15,16,18)(H,19,20,21,22). The van der Waals surface area contributed by atoms with E-state index in [0.717, 1.165) is 5.69 Å². The molecule has 0 aliphatic carbocycles. The summed E-state index contributed by atoms with van der Waals surface area (Å²) in [7, 11) is 0. The number of rotatable bonds is 5. The molecule has 0 radical (unpaired) electrons. The summed E-state index contributed by atoms with van der Waals surface area (Å²) in [4.78, 5) is 20.4. The summed E-state index contributed by atoms with van der Waals surface area (Å²) in [6, 6.07) is 9.16. The summed E-state index contributed by atoms with van der Waals surface area (Å²) in [5.74, 6) is 0.508. The first kappa shape index (κ1) is 14.6. The van der Waals surface area contributed by atoms with E-state index in [-0.39, 0.29) is 11.9 Å². The third kappa shape index (κ3) is 3.64. The van der Waals surface area contributed by atoms with Crippen LogP contribution in [0.4, 0.5) is 11.6 Å². The predicted octanol–water partition coefficient (Wildman–Crippen LogP) is 1.22. The minimum Gasteiger partial charge on any atom is -0.342 e. The first-order valence-corrected chi connectivity index (χ1v) is 6.90. The number of carbonyl (C=O) groups excluding carboxylic acids is 1. The molecule has 1 aromatic carbocycles. The number of para-hydroxylation sites is 1. The molecule has 9 heteroatoms. The third-order valence-electron chi connectivity index (χ3n) is 3.04. The van der Waals surface area contributed by atoms with Gasteiger partial charge in [-0.15, -0.1) is 10.2 Å². The molecular weight excluding hydrogens is 296 g/mol. The van der Waals surface area contributed by atoms with E-state index in [0.29, 0.717) is 17.3 Å². The number of aromatic amines is 1. The second kappa shape index (κ2) is 6.60. The lowest BCUT2D eigenvalue weighted by molar-refractivity contribution is 0.0937. The van der Waals surface area contributed by atoms with Crippen molar-refractivity contribution in [2.45, 2.75) is 13.0 Å². The number of anilines is 2. The van der Waals surface area contributed by atoms with Gasteiger partial charge in [-0.05, 0) is 19.1 Å². The van der Waals surface area contributed by atoms with Crippen LogP contribution in [0.15, 0.2) is 42.7 Å². The maximum atomic E-state index is 12.1. The monoisotopic (exact) mass is 310 g/mol.